The molecule has 0 aromatic heterocycles. The summed E-state index contributed by atoms with van der Waals surface area (Å²) in [5, 5.41) is 3.19. The van der Waals surface area contributed by atoms with E-state index < -0.39 is 0 Å². The maximum absolute atomic E-state index is 12.2. The number of hydrogen-bond acceptors (Lipinski definition) is 1. The van der Waals surface area contributed by atoms with Gasteiger partial charge in [-0.3, -0.25) is 4.79 Å². The molecule has 0 spiro atoms. The Balaban J connectivity index is 2.29. The molecule has 1 N–H and O–H groups in total. The van der Waals surface area contributed by atoms with Gasteiger partial charge in [0.2, 0.25) is 5.91 Å². The Labute approximate surface area is 133 Å². The van der Waals surface area contributed by atoms with Crippen molar-refractivity contribution in [1.82, 2.24) is 5.32 Å². The predicted molar refractivity (Wildman–Crippen MR) is 91.9 cm³/mol. The lowest BCUT2D eigenvalue weighted by Gasteiger charge is -2.21. The summed E-state index contributed by atoms with van der Waals surface area (Å²) < 4.78 is 0. The van der Waals surface area contributed by atoms with Crippen LogP contribution in [0.2, 0.25) is 0 Å². The van der Waals surface area contributed by atoms with E-state index >= 15 is 0 Å². The molecule has 0 bridgehead atoms. The molecular weight excluding hydrogens is 270 g/mol. The smallest absolute Gasteiger partial charge is 0.220 e. The molecule has 0 aliphatic heterocycles. The van der Waals surface area contributed by atoms with Crippen LogP contribution in [-0.4, -0.2) is 5.91 Å². The first-order valence-corrected chi connectivity index (χ1v) is 8.03. The number of amides is 1. The number of benzene rings is 2. The van der Waals surface area contributed by atoms with Crippen LogP contribution in [-0.2, 0) is 4.79 Å². The fourth-order valence-electron chi connectivity index (χ4n) is 2.52. The number of carbonyl (C=O) groups is 1. The van der Waals surface area contributed by atoms with Gasteiger partial charge in [0.05, 0.1) is 6.04 Å². The molecule has 0 fully saturated rings. The largest absolute Gasteiger partial charge is 0.345 e. The molecular formula is C20H25NO. The Morgan fingerprint density at radius 1 is 1.00 bits per heavy atom. The van der Waals surface area contributed by atoms with Crippen LogP contribution in [0.15, 0.2) is 48.5 Å². The topological polar surface area (TPSA) is 29.1 Å². The number of hydrogen-bond donors (Lipinski definition) is 1. The number of unbranched alkanes of at least 4 members (excludes halogenated alkanes) is 1. The van der Waals surface area contributed by atoms with Gasteiger partial charge in [0.15, 0.2) is 0 Å². The van der Waals surface area contributed by atoms with Gasteiger partial charge in [0, 0.05) is 6.42 Å². The molecule has 0 saturated carbocycles. The third-order valence-electron chi connectivity index (χ3n) is 4.06. The van der Waals surface area contributed by atoms with Crippen molar-refractivity contribution in [2.24, 2.45) is 0 Å². The van der Waals surface area contributed by atoms with Crippen molar-refractivity contribution in [3.8, 4) is 0 Å². The second kappa shape index (κ2) is 7.79. The third kappa shape index (κ3) is 4.20. The van der Waals surface area contributed by atoms with Gasteiger partial charge in [0.1, 0.15) is 0 Å². The number of carbonyl (C=O) groups excluding carboxylic acids is 1. The first-order chi connectivity index (χ1) is 10.6. The molecule has 116 valence electrons. The zero-order chi connectivity index (χ0) is 15.9. The minimum absolute atomic E-state index is 0.0788. The molecule has 0 aliphatic carbocycles. The Bertz CT molecular complexity index is 619. The molecule has 2 aromatic rings. The van der Waals surface area contributed by atoms with Crippen LogP contribution in [0.5, 0.6) is 0 Å². The first-order valence-electron chi connectivity index (χ1n) is 8.03. The van der Waals surface area contributed by atoms with Gasteiger partial charge in [-0.2, -0.15) is 0 Å². The van der Waals surface area contributed by atoms with Crippen molar-refractivity contribution in [1.29, 1.82) is 0 Å². The number of aryl methyl sites for hydroxylation is 2. The molecule has 0 saturated heterocycles. The van der Waals surface area contributed by atoms with Crippen LogP contribution >= 0.6 is 0 Å². The molecule has 1 atom stereocenters. The molecule has 0 aliphatic rings. The maximum atomic E-state index is 12.2. The van der Waals surface area contributed by atoms with Crippen LogP contribution in [0.4, 0.5) is 0 Å². The van der Waals surface area contributed by atoms with Gasteiger partial charge < -0.3 is 5.32 Å². The highest BCUT2D eigenvalue weighted by Crippen LogP contribution is 2.24. The maximum Gasteiger partial charge on any atom is 0.220 e. The lowest BCUT2D eigenvalue weighted by Crippen LogP contribution is -2.29. The molecule has 0 unspecified atom stereocenters. The highest BCUT2D eigenvalue weighted by atomic mass is 16.1. The fourth-order valence-corrected chi connectivity index (χ4v) is 2.52. The van der Waals surface area contributed by atoms with E-state index in [2.05, 4.69) is 56.4 Å². The molecule has 2 aromatic carbocycles. The van der Waals surface area contributed by atoms with E-state index in [1.165, 1.54) is 11.1 Å². The molecule has 1 amide bonds. The van der Waals surface area contributed by atoms with Crippen molar-refractivity contribution in [2.75, 3.05) is 0 Å². The predicted octanol–water partition coefficient (Wildman–Crippen LogP) is 4.70. The van der Waals surface area contributed by atoms with Crippen molar-refractivity contribution in [2.45, 2.75) is 46.1 Å². The standard InChI is InChI=1S/C20H25NO/c1-4-5-11-19(22)21-20(17-9-7-6-8-10-17)18-13-12-15(2)16(3)14-18/h6-10,12-14,20H,4-5,11H2,1-3H3,(H,21,22)/t20-/m1/s1. The lowest BCUT2D eigenvalue weighted by atomic mass is 9.95. The highest BCUT2D eigenvalue weighted by Gasteiger charge is 2.16. The average molecular weight is 295 g/mol. The Hall–Kier alpha value is -2.09. The van der Waals surface area contributed by atoms with Gasteiger partial charge in [-0.15, -0.1) is 0 Å². The third-order valence-corrected chi connectivity index (χ3v) is 4.06. The molecule has 0 radical (unpaired) electrons. The van der Waals surface area contributed by atoms with Crippen LogP contribution in [0.25, 0.3) is 0 Å². The minimum atomic E-state index is -0.0788. The zero-order valence-corrected chi connectivity index (χ0v) is 13.7. The van der Waals surface area contributed by atoms with Gasteiger partial charge in [-0.05, 0) is 42.5 Å². The summed E-state index contributed by atoms with van der Waals surface area (Å²) in [5.74, 6) is 0.119. The van der Waals surface area contributed by atoms with E-state index in [4.69, 9.17) is 0 Å². The summed E-state index contributed by atoms with van der Waals surface area (Å²) in [6.45, 7) is 6.32. The molecule has 2 rings (SSSR count). The summed E-state index contributed by atoms with van der Waals surface area (Å²) in [6.07, 6.45) is 2.55. The number of nitrogens with one attached hydrogen (secondary N) is 1. The van der Waals surface area contributed by atoms with Crippen LogP contribution in [0.1, 0.15) is 54.5 Å². The molecule has 22 heavy (non-hydrogen) atoms. The second-order valence-electron chi connectivity index (χ2n) is 5.86. The van der Waals surface area contributed by atoms with E-state index in [1.807, 2.05) is 18.2 Å². The van der Waals surface area contributed by atoms with Gasteiger partial charge in [-0.25, -0.2) is 0 Å². The Kier molecular flexibility index (Phi) is 5.76. The summed E-state index contributed by atoms with van der Waals surface area (Å²) in [7, 11) is 0. The number of rotatable bonds is 6. The molecule has 2 nitrogen and oxygen atoms in total. The van der Waals surface area contributed by atoms with Crippen LogP contribution < -0.4 is 5.32 Å². The SMILES string of the molecule is CCCCC(=O)N[C@H](c1ccccc1)c1ccc(C)c(C)c1. The summed E-state index contributed by atoms with van der Waals surface area (Å²) in [4.78, 5) is 12.2. The summed E-state index contributed by atoms with van der Waals surface area (Å²) in [6, 6.07) is 16.5. The quantitative estimate of drug-likeness (QED) is 0.822. The first kappa shape index (κ1) is 16.3. The van der Waals surface area contributed by atoms with E-state index in [0.717, 1.165) is 24.0 Å². The van der Waals surface area contributed by atoms with Crippen LogP contribution in [0, 0.1) is 13.8 Å². The van der Waals surface area contributed by atoms with Crippen molar-refractivity contribution in [3.63, 3.8) is 0 Å². The molecule has 2 heteroatoms. The fraction of sp³-hybridized carbons (Fsp3) is 0.350. The van der Waals surface area contributed by atoms with Crippen LogP contribution in [0.3, 0.4) is 0 Å². The van der Waals surface area contributed by atoms with Gasteiger partial charge in [0.25, 0.3) is 0 Å². The highest BCUT2D eigenvalue weighted by molar-refractivity contribution is 5.77. The van der Waals surface area contributed by atoms with Crippen molar-refractivity contribution < 1.29 is 4.79 Å². The summed E-state index contributed by atoms with van der Waals surface area (Å²) >= 11 is 0. The second-order valence-corrected chi connectivity index (χ2v) is 5.86. The lowest BCUT2D eigenvalue weighted by molar-refractivity contribution is -0.121. The van der Waals surface area contributed by atoms with Crippen molar-refractivity contribution in [3.05, 3.63) is 70.8 Å². The monoisotopic (exact) mass is 295 g/mol. The Morgan fingerprint density at radius 3 is 2.36 bits per heavy atom. The van der Waals surface area contributed by atoms with Crippen molar-refractivity contribution >= 4 is 5.91 Å². The minimum Gasteiger partial charge on any atom is -0.345 e. The van der Waals surface area contributed by atoms with Gasteiger partial charge in [-0.1, -0.05) is 61.9 Å². The van der Waals surface area contributed by atoms with E-state index in [0.29, 0.717) is 6.42 Å². The summed E-state index contributed by atoms with van der Waals surface area (Å²) in [5.41, 5.74) is 4.78. The Morgan fingerprint density at radius 2 is 1.73 bits per heavy atom. The van der Waals surface area contributed by atoms with E-state index in [9.17, 15) is 4.79 Å². The average Bonchev–Trinajstić information content (AvgIpc) is 2.54. The van der Waals surface area contributed by atoms with Gasteiger partial charge >= 0.3 is 0 Å². The molecule has 0 heterocycles. The normalized spacial score (nSPS) is 12.0. The van der Waals surface area contributed by atoms with E-state index in [-0.39, 0.29) is 11.9 Å². The zero-order valence-electron chi connectivity index (χ0n) is 13.7. The van der Waals surface area contributed by atoms with E-state index in [1.54, 1.807) is 0 Å².